The van der Waals surface area contributed by atoms with E-state index in [1.165, 1.54) is 11.1 Å². The van der Waals surface area contributed by atoms with Crippen LogP contribution in [0.4, 0.5) is 0 Å². The standard InChI is InChI=1S/C14H18BrN3/c1-10(12-5-4-6-14(15)7-12)17-11(2)13-8-16-18(3)9-13/h4-11,17H,1-3H3/t10-,11?/m0/s1. The summed E-state index contributed by atoms with van der Waals surface area (Å²) in [5.41, 5.74) is 2.49. The molecule has 18 heavy (non-hydrogen) atoms. The highest BCUT2D eigenvalue weighted by molar-refractivity contribution is 9.10. The molecule has 1 aromatic heterocycles. The number of hydrogen-bond donors (Lipinski definition) is 1. The van der Waals surface area contributed by atoms with Crippen molar-refractivity contribution in [1.82, 2.24) is 15.1 Å². The zero-order chi connectivity index (χ0) is 13.1. The Kier molecular flexibility index (Phi) is 4.19. The van der Waals surface area contributed by atoms with Gasteiger partial charge in [-0.2, -0.15) is 5.10 Å². The predicted molar refractivity (Wildman–Crippen MR) is 77.3 cm³/mol. The Morgan fingerprint density at radius 1 is 1.22 bits per heavy atom. The smallest absolute Gasteiger partial charge is 0.0537 e. The lowest BCUT2D eigenvalue weighted by atomic mass is 10.1. The van der Waals surface area contributed by atoms with Gasteiger partial charge in [-0.3, -0.25) is 4.68 Å². The quantitative estimate of drug-likeness (QED) is 0.935. The Morgan fingerprint density at radius 3 is 2.56 bits per heavy atom. The van der Waals surface area contributed by atoms with E-state index in [9.17, 15) is 0 Å². The molecule has 2 atom stereocenters. The molecule has 0 saturated carbocycles. The van der Waals surface area contributed by atoms with Crippen molar-refractivity contribution in [3.63, 3.8) is 0 Å². The van der Waals surface area contributed by atoms with Crippen molar-refractivity contribution in [2.75, 3.05) is 0 Å². The van der Waals surface area contributed by atoms with Gasteiger partial charge in [0.05, 0.1) is 6.20 Å². The lowest BCUT2D eigenvalue weighted by Gasteiger charge is -2.19. The molecular weight excluding hydrogens is 290 g/mol. The largest absolute Gasteiger partial charge is 0.304 e. The van der Waals surface area contributed by atoms with Gasteiger partial charge in [0.1, 0.15) is 0 Å². The van der Waals surface area contributed by atoms with E-state index in [0.29, 0.717) is 6.04 Å². The van der Waals surface area contributed by atoms with Crippen molar-refractivity contribution in [1.29, 1.82) is 0 Å². The fourth-order valence-electron chi connectivity index (χ4n) is 2.01. The molecule has 3 nitrogen and oxygen atoms in total. The lowest BCUT2D eigenvalue weighted by Crippen LogP contribution is -2.22. The van der Waals surface area contributed by atoms with E-state index in [1.54, 1.807) is 0 Å². The average molecular weight is 308 g/mol. The summed E-state index contributed by atoms with van der Waals surface area (Å²) in [5.74, 6) is 0. The van der Waals surface area contributed by atoms with Gasteiger partial charge in [0.15, 0.2) is 0 Å². The van der Waals surface area contributed by atoms with Gasteiger partial charge in [0.2, 0.25) is 0 Å². The van der Waals surface area contributed by atoms with Gasteiger partial charge in [0.25, 0.3) is 0 Å². The molecule has 1 heterocycles. The average Bonchev–Trinajstić information content (AvgIpc) is 2.76. The summed E-state index contributed by atoms with van der Waals surface area (Å²) in [7, 11) is 1.94. The summed E-state index contributed by atoms with van der Waals surface area (Å²) in [4.78, 5) is 0. The molecule has 1 aromatic carbocycles. The molecule has 0 spiro atoms. The molecule has 0 bridgehead atoms. The van der Waals surface area contributed by atoms with Crippen LogP contribution < -0.4 is 5.32 Å². The second-order valence-electron chi connectivity index (χ2n) is 4.61. The number of nitrogens with one attached hydrogen (secondary N) is 1. The van der Waals surface area contributed by atoms with Crippen molar-refractivity contribution in [2.24, 2.45) is 7.05 Å². The van der Waals surface area contributed by atoms with E-state index in [-0.39, 0.29) is 6.04 Å². The molecule has 4 heteroatoms. The van der Waals surface area contributed by atoms with Gasteiger partial charge in [-0.1, -0.05) is 28.1 Å². The topological polar surface area (TPSA) is 29.9 Å². The minimum absolute atomic E-state index is 0.285. The summed E-state index contributed by atoms with van der Waals surface area (Å²) in [6.07, 6.45) is 3.95. The van der Waals surface area contributed by atoms with Crippen LogP contribution in [0.5, 0.6) is 0 Å². The summed E-state index contributed by atoms with van der Waals surface area (Å²) in [6.45, 7) is 4.33. The molecular formula is C14H18BrN3. The van der Waals surface area contributed by atoms with Gasteiger partial charge >= 0.3 is 0 Å². The first-order valence-electron chi connectivity index (χ1n) is 6.06. The van der Waals surface area contributed by atoms with E-state index < -0.39 is 0 Å². The first kappa shape index (κ1) is 13.3. The van der Waals surface area contributed by atoms with Crippen molar-refractivity contribution in [3.8, 4) is 0 Å². The highest BCUT2D eigenvalue weighted by Gasteiger charge is 2.12. The van der Waals surface area contributed by atoms with Crippen LogP contribution in [-0.4, -0.2) is 9.78 Å². The van der Waals surface area contributed by atoms with Crippen LogP contribution in [0.1, 0.15) is 37.1 Å². The third-order valence-electron chi connectivity index (χ3n) is 3.07. The normalized spacial score (nSPS) is 14.4. The minimum Gasteiger partial charge on any atom is -0.304 e. The summed E-state index contributed by atoms with van der Waals surface area (Å²) >= 11 is 3.50. The van der Waals surface area contributed by atoms with Crippen molar-refractivity contribution >= 4 is 15.9 Å². The number of aromatic nitrogens is 2. The SMILES string of the molecule is CC(N[C@@H](C)c1cccc(Br)c1)c1cnn(C)c1. The van der Waals surface area contributed by atoms with E-state index in [1.807, 2.05) is 30.2 Å². The van der Waals surface area contributed by atoms with Crippen LogP contribution in [0.15, 0.2) is 41.1 Å². The number of nitrogens with zero attached hydrogens (tertiary/aromatic N) is 2. The molecule has 96 valence electrons. The maximum Gasteiger partial charge on any atom is 0.0537 e. The van der Waals surface area contributed by atoms with E-state index >= 15 is 0 Å². The van der Waals surface area contributed by atoms with Crippen LogP contribution in [0.25, 0.3) is 0 Å². The first-order chi connectivity index (χ1) is 8.56. The van der Waals surface area contributed by atoms with E-state index in [0.717, 1.165) is 4.47 Å². The van der Waals surface area contributed by atoms with Crippen LogP contribution in [0.2, 0.25) is 0 Å². The number of benzene rings is 1. The summed E-state index contributed by atoms with van der Waals surface area (Å²) in [5, 5.41) is 7.78. The third-order valence-corrected chi connectivity index (χ3v) is 3.57. The lowest BCUT2D eigenvalue weighted by molar-refractivity contribution is 0.494. The second kappa shape index (κ2) is 5.67. The van der Waals surface area contributed by atoms with Gasteiger partial charge in [0, 0.05) is 35.4 Å². The number of hydrogen-bond acceptors (Lipinski definition) is 2. The Hall–Kier alpha value is -1.13. The highest BCUT2D eigenvalue weighted by Crippen LogP contribution is 2.21. The molecule has 0 radical (unpaired) electrons. The van der Waals surface area contributed by atoms with E-state index in [4.69, 9.17) is 0 Å². The van der Waals surface area contributed by atoms with Gasteiger partial charge in [-0.05, 0) is 31.5 Å². The maximum absolute atomic E-state index is 4.20. The fourth-order valence-corrected chi connectivity index (χ4v) is 2.42. The molecule has 0 fully saturated rings. The molecule has 0 aliphatic carbocycles. The van der Waals surface area contributed by atoms with Gasteiger partial charge < -0.3 is 5.32 Å². The van der Waals surface area contributed by atoms with Crippen LogP contribution in [-0.2, 0) is 7.05 Å². The Labute approximate surface area is 116 Å². The van der Waals surface area contributed by atoms with Crippen LogP contribution in [0.3, 0.4) is 0 Å². The first-order valence-corrected chi connectivity index (χ1v) is 6.85. The zero-order valence-electron chi connectivity index (χ0n) is 10.9. The molecule has 2 rings (SSSR count). The monoisotopic (exact) mass is 307 g/mol. The van der Waals surface area contributed by atoms with Gasteiger partial charge in [-0.25, -0.2) is 0 Å². The van der Waals surface area contributed by atoms with Crippen LogP contribution in [0, 0.1) is 0 Å². The van der Waals surface area contributed by atoms with Gasteiger partial charge in [-0.15, -0.1) is 0 Å². The maximum atomic E-state index is 4.20. The Bertz CT molecular complexity index is 521. The highest BCUT2D eigenvalue weighted by atomic mass is 79.9. The summed E-state index contributed by atoms with van der Waals surface area (Å²) < 4.78 is 2.94. The molecule has 0 aliphatic rings. The zero-order valence-corrected chi connectivity index (χ0v) is 12.5. The van der Waals surface area contributed by atoms with Crippen molar-refractivity contribution in [2.45, 2.75) is 25.9 Å². The van der Waals surface area contributed by atoms with Crippen molar-refractivity contribution < 1.29 is 0 Å². The molecule has 0 aliphatic heterocycles. The number of aryl methyl sites for hydroxylation is 1. The summed E-state index contributed by atoms with van der Waals surface area (Å²) in [6, 6.07) is 8.98. The molecule has 1 unspecified atom stereocenters. The van der Waals surface area contributed by atoms with Crippen molar-refractivity contribution in [3.05, 3.63) is 52.3 Å². The minimum atomic E-state index is 0.285. The molecule has 2 aromatic rings. The second-order valence-corrected chi connectivity index (χ2v) is 5.53. The Balaban J connectivity index is 2.05. The van der Waals surface area contributed by atoms with Crippen LogP contribution >= 0.6 is 15.9 Å². The predicted octanol–water partition coefficient (Wildman–Crippen LogP) is 3.59. The third kappa shape index (κ3) is 3.21. The number of rotatable bonds is 4. The molecule has 0 saturated heterocycles. The van der Waals surface area contributed by atoms with E-state index in [2.05, 4.69) is 58.4 Å². The molecule has 1 N–H and O–H groups in total. The number of halogens is 1. The fraction of sp³-hybridized carbons (Fsp3) is 0.357. The Morgan fingerprint density at radius 2 is 1.94 bits per heavy atom. The molecule has 0 amide bonds.